The summed E-state index contributed by atoms with van der Waals surface area (Å²) in [5.74, 6) is 0. The average molecular weight is 187 g/mol. The Balaban J connectivity index is 2.18. The van der Waals surface area contributed by atoms with Gasteiger partial charge in [-0.25, -0.2) is 4.79 Å². The molecule has 0 aromatic rings. The maximum atomic E-state index is 11.1. The molecule has 76 valence electrons. The summed E-state index contributed by atoms with van der Waals surface area (Å²) in [6.07, 6.45) is 1.07. The molecule has 1 aliphatic rings. The topological polar surface area (TPSA) is 58.6 Å². The van der Waals surface area contributed by atoms with Crippen LogP contribution in [0.2, 0.25) is 0 Å². The Morgan fingerprint density at radius 2 is 2.08 bits per heavy atom. The van der Waals surface area contributed by atoms with Gasteiger partial charge in [-0.05, 0) is 33.6 Å². The predicted octanol–water partition coefficient (Wildman–Crippen LogP) is 1.04. The lowest BCUT2D eigenvalue weighted by Gasteiger charge is -2.20. The number of carbonyl (C=O) groups is 1. The lowest BCUT2D eigenvalue weighted by molar-refractivity contribution is 0.0478. The van der Waals surface area contributed by atoms with E-state index in [0.29, 0.717) is 6.54 Å². The lowest BCUT2D eigenvalue weighted by atomic mass is 10.2. The van der Waals surface area contributed by atoms with E-state index in [-0.39, 0.29) is 0 Å². The van der Waals surface area contributed by atoms with Crippen LogP contribution in [-0.4, -0.2) is 28.9 Å². The molecule has 0 spiro atoms. The van der Waals surface area contributed by atoms with Crippen LogP contribution < -0.4 is 5.32 Å². The number of carbonyl (C=O) groups excluding carboxylic acids is 1. The molecule has 0 aromatic carbocycles. The molecule has 0 radical (unpaired) electrons. The molecule has 0 aliphatic heterocycles. The van der Waals surface area contributed by atoms with Crippen molar-refractivity contribution in [3.8, 4) is 0 Å². The molecule has 0 atom stereocenters. The fourth-order valence-corrected chi connectivity index (χ4v) is 0.872. The Hall–Kier alpha value is -0.770. The normalized spacial score (nSPS) is 19.4. The van der Waals surface area contributed by atoms with Crippen LogP contribution in [0.4, 0.5) is 4.79 Å². The van der Waals surface area contributed by atoms with Crippen LogP contribution >= 0.6 is 0 Å². The smallest absolute Gasteiger partial charge is 0.407 e. The summed E-state index contributed by atoms with van der Waals surface area (Å²) < 4.78 is 5.00. The lowest BCUT2D eigenvalue weighted by Crippen LogP contribution is -2.37. The minimum atomic E-state index is -0.656. The van der Waals surface area contributed by atoms with Gasteiger partial charge in [-0.15, -0.1) is 0 Å². The van der Waals surface area contributed by atoms with Gasteiger partial charge in [0.2, 0.25) is 0 Å². The summed E-state index contributed by atoms with van der Waals surface area (Å²) in [4.78, 5) is 11.1. The van der Waals surface area contributed by atoms with Crippen molar-refractivity contribution in [2.45, 2.75) is 44.8 Å². The van der Waals surface area contributed by atoms with Crippen molar-refractivity contribution >= 4 is 6.09 Å². The Morgan fingerprint density at radius 1 is 1.54 bits per heavy atom. The first-order valence-electron chi connectivity index (χ1n) is 4.50. The Morgan fingerprint density at radius 3 is 2.46 bits per heavy atom. The standard InChI is InChI=1S/C9H17NO3/c1-8(2,3)13-7(11)10-6-9(12)4-5-9/h12H,4-6H2,1-3H3,(H,10,11). The van der Waals surface area contributed by atoms with Crippen molar-refractivity contribution in [3.05, 3.63) is 0 Å². The molecule has 0 saturated heterocycles. The van der Waals surface area contributed by atoms with E-state index >= 15 is 0 Å². The van der Waals surface area contributed by atoms with Gasteiger partial charge in [0.25, 0.3) is 0 Å². The van der Waals surface area contributed by atoms with E-state index in [1.807, 2.05) is 0 Å². The van der Waals surface area contributed by atoms with Gasteiger partial charge in [-0.1, -0.05) is 0 Å². The second-order valence-electron chi connectivity index (χ2n) is 4.58. The molecule has 0 unspecified atom stereocenters. The summed E-state index contributed by atoms with van der Waals surface area (Å²) in [5.41, 5.74) is -1.13. The molecule has 0 bridgehead atoms. The van der Waals surface area contributed by atoms with E-state index < -0.39 is 17.3 Å². The number of rotatable bonds is 2. The monoisotopic (exact) mass is 187 g/mol. The maximum absolute atomic E-state index is 11.1. The molecule has 0 aromatic heterocycles. The zero-order valence-corrected chi connectivity index (χ0v) is 8.39. The third kappa shape index (κ3) is 4.12. The molecule has 1 aliphatic carbocycles. The summed E-state index contributed by atoms with van der Waals surface area (Å²) in [7, 11) is 0. The number of aliphatic hydroxyl groups is 1. The Labute approximate surface area is 78.3 Å². The summed E-state index contributed by atoms with van der Waals surface area (Å²) >= 11 is 0. The fourth-order valence-electron chi connectivity index (χ4n) is 0.872. The van der Waals surface area contributed by atoms with Gasteiger partial charge in [0.05, 0.1) is 5.60 Å². The third-order valence-corrected chi connectivity index (χ3v) is 1.79. The quantitative estimate of drug-likeness (QED) is 0.679. The van der Waals surface area contributed by atoms with Crippen molar-refractivity contribution < 1.29 is 14.6 Å². The molecular weight excluding hydrogens is 170 g/mol. The van der Waals surface area contributed by atoms with Crippen molar-refractivity contribution in [1.82, 2.24) is 5.32 Å². The highest BCUT2D eigenvalue weighted by molar-refractivity contribution is 5.67. The first-order valence-corrected chi connectivity index (χ1v) is 4.50. The van der Waals surface area contributed by atoms with E-state index in [9.17, 15) is 9.90 Å². The van der Waals surface area contributed by atoms with Gasteiger partial charge < -0.3 is 15.2 Å². The van der Waals surface area contributed by atoms with Gasteiger partial charge in [0.1, 0.15) is 5.60 Å². The largest absolute Gasteiger partial charge is 0.444 e. The number of hydrogen-bond donors (Lipinski definition) is 2. The molecule has 2 N–H and O–H groups in total. The molecule has 1 amide bonds. The molecule has 1 rings (SSSR count). The minimum Gasteiger partial charge on any atom is -0.444 e. The Kier molecular flexibility index (Phi) is 2.52. The number of amides is 1. The Bertz CT molecular complexity index is 203. The van der Waals surface area contributed by atoms with Crippen molar-refractivity contribution in [1.29, 1.82) is 0 Å². The van der Waals surface area contributed by atoms with Crippen LogP contribution in [0.1, 0.15) is 33.6 Å². The third-order valence-electron chi connectivity index (χ3n) is 1.79. The van der Waals surface area contributed by atoms with Crippen LogP contribution in [0.15, 0.2) is 0 Å². The molecule has 1 saturated carbocycles. The summed E-state index contributed by atoms with van der Waals surface area (Å²) in [6.45, 7) is 5.71. The van der Waals surface area contributed by atoms with E-state index in [2.05, 4.69) is 5.32 Å². The van der Waals surface area contributed by atoms with Crippen LogP contribution in [0.25, 0.3) is 0 Å². The van der Waals surface area contributed by atoms with Gasteiger partial charge in [0, 0.05) is 6.54 Å². The average Bonchev–Trinajstić information content (AvgIpc) is 2.62. The first kappa shape index (κ1) is 10.3. The van der Waals surface area contributed by atoms with Gasteiger partial charge >= 0.3 is 6.09 Å². The summed E-state index contributed by atoms with van der Waals surface area (Å²) in [5, 5.41) is 11.9. The van der Waals surface area contributed by atoms with Crippen LogP contribution in [-0.2, 0) is 4.74 Å². The molecule has 4 nitrogen and oxygen atoms in total. The maximum Gasteiger partial charge on any atom is 0.407 e. The first-order chi connectivity index (χ1) is 5.81. The van der Waals surface area contributed by atoms with E-state index in [1.54, 1.807) is 20.8 Å². The SMILES string of the molecule is CC(C)(C)OC(=O)NCC1(O)CC1. The van der Waals surface area contributed by atoms with E-state index in [4.69, 9.17) is 4.74 Å². The summed E-state index contributed by atoms with van der Waals surface area (Å²) in [6, 6.07) is 0. The zero-order chi connectivity index (χ0) is 10.1. The fraction of sp³-hybridized carbons (Fsp3) is 0.889. The highest BCUT2D eigenvalue weighted by Crippen LogP contribution is 2.33. The predicted molar refractivity (Wildman–Crippen MR) is 48.4 cm³/mol. The number of hydrogen-bond acceptors (Lipinski definition) is 3. The highest BCUT2D eigenvalue weighted by Gasteiger charge is 2.40. The van der Waals surface area contributed by atoms with Crippen molar-refractivity contribution in [2.75, 3.05) is 6.54 Å². The van der Waals surface area contributed by atoms with Crippen LogP contribution in [0.3, 0.4) is 0 Å². The molecule has 1 fully saturated rings. The second-order valence-corrected chi connectivity index (χ2v) is 4.58. The van der Waals surface area contributed by atoms with Crippen LogP contribution in [0.5, 0.6) is 0 Å². The zero-order valence-electron chi connectivity index (χ0n) is 8.39. The number of ether oxygens (including phenoxy) is 1. The molecule has 0 heterocycles. The molecule has 13 heavy (non-hydrogen) atoms. The molecular formula is C9H17NO3. The minimum absolute atomic E-state index is 0.294. The number of nitrogens with one attached hydrogen (secondary N) is 1. The van der Waals surface area contributed by atoms with Crippen molar-refractivity contribution in [2.24, 2.45) is 0 Å². The van der Waals surface area contributed by atoms with Crippen LogP contribution in [0, 0.1) is 0 Å². The second kappa shape index (κ2) is 3.18. The van der Waals surface area contributed by atoms with Gasteiger partial charge in [0.15, 0.2) is 0 Å². The highest BCUT2D eigenvalue weighted by atomic mass is 16.6. The van der Waals surface area contributed by atoms with Gasteiger partial charge in [-0.2, -0.15) is 0 Å². The van der Waals surface area contributed by atoms with E-state index in [1.165, 1.54) is 0 Å². The van der Waals surface area contributed by atoms with Gasteiger partial charge in [-0.3, -0.25) is 0 Å². The number of alkyl carbamates (subject to hydrolysis) is 1. The van der Waals surface area contributed by atoms with Crippen molar-refractivity contribution in [3.63, 3.8) is 0 Å². The van der Waals surface area contributed by atoms with E-state index in [0.717, 1.165) is 12.8 Å². The molecule has 4 heteroatoms.